The highest BCUT2D eigenvalue weighted by molar-refractivity contribution is 7.12. The van der Waals surface area contributed by atoms with Gasteiger partial charge in [0, 0.05) is 46.6 Å². The van der Waals surface area contributed by atoms with E-state index in [1.54, 1.807) is 11.3 Å². The highest BCUT2D eigenvalue weighted by atomic mass is 35.5. The molecule has 1 saturated heterocycles. The van der Waals surface area contributed by atoms with Crippen LogP contribution in [-0.2, 0) is 0 Å². The molecule has 0 unspecified atom stereocenters. The SMILES string of the molecule is Cc1cc(C(=O)N2CCN(c3cc(Cl)ccc3C)CC2)c(C)s1. The maximum atomic E-state index is 12.7. The average molecular weight is 349 g/mol. The number of hydrogen-bond donors (Lipinski definition) is 0. The molecule has 1 fully saturated rings. The lowest BCUT2D eigenvalue weighted by Crippen LogP contribution is -2.49. The predicted octanol–water partition coefficient (Wildman–Crippen LogP) is 4.29. The maximum Gasteiger partial charge on any atom is 0.255 e. The molecule has 0 N–H and O–H groups in total. The molecule has 1 amide bonds. The number of amides is 1. The Kier molecular flexibility index (Phi) is 4.64. The van der Waals surface area contributed by atoms with Gasteiger partial charge < -0.3 is 9.80 Å². The Bertz CT molecular complexity index is 733. The number of nitrogens with zero attached hydrogens (tertiary/aromatic N) is 2. The van der Waals surface area contributed by atoms with Crippen LogP contribution in [-0.4, -0.2) is 37.0 Å². The first kappa shape index (κ1) is 16.3. The number of hydrogen-bond acceptors (Lipinski definition) is 3. The molecule has 3 rings (SSSR count). The van der Waals surface area contributed by atoms with Crippen LogP contribution in [0.4, 0.5) is 5.69 Å². The first-order valence-electron chi connectivity index (χ1n) is 7.83. The van der Waals surface area contributed by atoms with E-state index >= 15 is 0 Å². The lowest BCUT2D eigenvalue weighted by Gasteiger charge is -2.37. The van der Waals surface area contributed by atoms with Gasteiger partial charge in [0.05, 0.1) is 5.56 Å². The van der Waals surface area contributed by atoms with E-state index in [0.29, 0.717) is 0 Å². The summed E-state index contributed by atoms with van der Waals surface area (Å²) in [5, 5.41) is 0.758. The Morgan fingerprint density at radius 2 is 1.78 bits per heavy atom. The van der Waals surface area contributed by atoms with Gasteiger partial charge in [-0.05, 0) is 44.5 Å². The first-order valence-corrected chi connectivity index (χ1v) is 9.02. The van der Waals surface area contributed by atoms with Crippen molar-refractivity contribution in [1.82, 2.24) is 4.90 Å². The molecule has 5 heteroatoms. The van der Waals surface area contributed by atoms with Gasteiger partial charge in [0.25, 0.3) is 5.91 Å². The number of thiophene rings is 1. The maximum absolute atomic E-state index is 12.7. The summed E-state index contributed by atoms with van der Waals surface area (Å²) >= 11 is 7.81. The van der Waals surface area contributed by atoms with Gasteiger partial charge >= 0.3 is 0 Å². The van der Waals surface area contributed by atoms with E-state index in [9.17, 15) is 4.79 Å². The van der Waals surface area contributed by atoms with E-state index in [1.165, 1.54) is 16.1 Å². The summed E-state index contributed by atoms with van der Waals surface area (Å²) in [4.78, 5) is 19.3. The molecule has 0 atom stereocenters. The van der Waals surface area contributed by atoms with Crippen molar-refractivity contribution in [3.63, 3.8) is 0 Å². The molecule has 1 aliphatic heterocycles. The Labute approximate surface area is 146 Å². The minimum Gasteiger partial charge on any atom is -0.368 e. The van der Waals surface area contributed by atoms with E-state index in [1.807, 2.05) is 43.0 Å². The van der Waals surface area contributed by atoms with Crippen LogP contribution in [0.5, 0.6) is 0 Å². The van der Waals surface area contributed by atoms with Gasteiger partial charge in [0.15, 0.2) is 0 Å². The van der Waals surface area contributed by atoms with Crippen molar-refractivity contribution in [2.45, 2.75) is 20.8 Å². The molecule has 0 aliphatic carbocycles. The lowest BCUT2D eigenvalue weighted by molar-refractivity contribution is 0.0746. The summed E-state index contributed by atoms with van der Waals surface area (Å²) < 4.78 is 0. The first-order chi connectivity index (χ1) is 11.0. The fourth-order valence-electron chi connectivity index (χ4n) is 3.09. The summed E-state index contributed by atoms with van der Waals surface area (Å²) in [7, 11) is 0. The topological polar surface area (TPSA) is 23.6 Å². The molecular formula is C18H21ClN2OS. The summed E-state index contributed by atoms with van der Waals surface area (Å²) in [6, 6.07) is 7.99. The molecule has 23 heavy (non-hydrogen) atoms. The largest absolute Gasteiger partial charge is 0.368 e. The second-order valence-electron chi connectivity index (χ2n) is 6.04. The number of piperazine rings is 1. The standard InChI is InChI=1S/C18H21ClN2OS/c1-12-4-5-15(19)11-17(12)20-6-8-21(9-7-20)18(22)16-10-13(2)23-14(16)3/h4-5,10-11H,6-9H2,1-3H3. The highest BCUT2D eigenvalue weighted by Crippen LogP contribution is 2.26. The monoisotopic (exact) mass is 348 g/mol. The second-order valence-corrected chi connectivity index (χ2v) is 7.93. The van der Waals surface area contributed by atoms with Gasteiger partial charge in [-0.2, -0.15) is 0 Å². The van der Waals surface area contributed by atoms with Gasteiger partial charge in [-0.1, -0.05) is 17.7 Å². The van der Waals surface area contributed by atoms with Crippen molar-refractivity contribution in [2.75, 3.05) is 31.1 Å². The van der Waals surface area contributed by atoms with Crippen LogP contribution >= 0.6 is 22.9 Å². The number of carbonyl (C=O) groups is 1. The van der Waals surface area contributed by atoms with Crippen molar-refractivity contribution < 1.29 is 4.79 Å². The van der Waals surface area contributed by atoms with Crippen molar-refractivity contribution in [2.24, 2.45) is 0 Å². The fourth-order valence-corrected chi connectivity index (χ4v) is 4.17. The second kappa shape index (κ2) is 6.54. The predicted molar refractivity (Wildman–Crippen MR) is 98.1 cm³/mol. The zero-order valence-corrected chi connectivity index (χ0v) is 15.3. The minimum atomic E-state index is 0.161. The number of anilines is 1. The normalized spacial score (nSPS) is 15.1. The molecule has 122 valence electrons. The van der Waals surface area contributed by atoms with Crippen molar-refractivity contribution in [3.8, 4) is 0 Å². The van der Waals surface area contributed by atoms with E-state index in [-0.39, 0.29) is 5.91 Å². The quantitative estimate of drug-likeness (QED) is 0.808. The Morgan fingerprint density at radius 1 is 1.09 bits per heavy atom. The van der Waals surface area contributed by atoms with Crippen molar-refractivity contribution in [1.29, 1.82) is 0 Å². The van der Waals surface area contributed by atoms with Crippen LogP contribution in [0.1, 0.15) is 25.7 Å². The van der Waals surface area contributed by atoms with Gasteiger partial charge in [-0.15, -0.1) is 11.3 Å². The molecule has 2 aromatic rings. The van der Waals surface area contributed by atoms with Gasteiger partial charge in [0.2, 0.25) is 0 Å². The third kappa shape index (κ3) is 3.38. The zero-order valence-electron chi connectivity index (χ0n) is 13.7. The van der Waals surface area contributed by atoms with E-state index in [2.05, 4.69) is 11.8 Å². The minimum absolute atomic E-state index is 0.161. The van der Waals surface area contributed by atoms with E-state index in [0.717, 1.165) is 41.6 Å². The van der Waals surface area contributed by atoms with Crippen molar-refractivity contribution in [3.05, 3.63) is 50.2 Å². The molecule has 1 aromatic heterocycles. The summed E-state index contributed by atoms with van der Waals surface area (Å²) in [6.07, 6.45) is 0. The van der Waals surface area contributed by atoms with Crippen LogP contribution in [0, 0.1) is 20.8 Å². The average Bonchev–Trinajstić information content (AvgIpc) is 2.88. The summed E-state index contributed by atoms with van der Waals surface area (Å²) in [5.74, 6) is 0.161. The number of rotatable bonds is 2. The molecule has 0 saturated carbocycles. The Morgan fingerprint density at radius 3 is 2.39 bits per heavy atom. The Balaban J connectivity index is 1.70. The summed E-state index contributed by atoms with van der Waals surface area (Å²) in [6.45, 7) is 9.36. The molecule has 0 bridgehead atoms. The number of benzene rings is 1. The summed E-state index contributed by atoms with van der Waals surface area (Å²) in [5.41, 5.74) is 3.26. The molecular weight excluding hydrogens is 328 g/mol. The smallest absolute Gasteiger partial charge is 0.255 e. The molecule has 0 spiro atoms. The third-order valence-corrected chi connectivity index (χ3v) is 5.55. The van der Waals surface area contributed by atoms with Gasteiger partial charge in [-0.25, -0.2) is 0 Å². The zero-order chi connectivity index (χ0) is 16.6. The number of carbonyl (C=O) groups excluding carboxylic acids is 1. The molecule has 1 aromatic carbocycles. The van der Waals surface area contributed by atoms with Crippen molar-refractivity contribution >= 4 is 34.5 Å². The lowest BCUT2D eigenvalue weighted by atomic mass is 10.1. The third-order valence-electron chi connectivity index (χ3n) is 4.35. The fraction of sp³-hybridized carbons (Fsp3) is 0.389. The van der Waals surface area contributed by atoms with Crippen LogP contribution in [0.15, 0.2) is 24.3 Å². The highest BCUT2D eigenvalue weighted by Gasteiger charge is 2.24. The van der Waals surface area contributed by atoms with Crippen LogP contribution in [0.2, 0.25) is 5.02 Å². The van der Waals surface area contributed by atoms with Gasteiger partial charge in [-0.3, -0.25) is 4.79 Å². The molecule has 0 radical (unpaired) electrons. The van der Waals surface area contributed by atoms with Crippen LogP contribution in [0.3, 0.4) is 0 Å². The molecule has 3 nitrogen and oxygen atoms in total. The van der Waals surface area contributed by atoms with Crippen LogP contribution < -0.4 is 4.90 Å². The molecule has 1 aliphatic rings. The number of halogens is 1. The Hall–Kier alpha value is -1.52. The van der Waals surface area contributed by atoms with Crippen LogP contribution in [0.25, 0.3) is 0 Å². The van der Waals surface area contributed by atoms with E-state index in [4.69, 9.17) is 11.6 Å². The number of aryl methyl sites for hydroxylation is 3. The van der Waals surface area contributed by atoms with Gasteiger partial charge in [0.1, 0.15) is 0 Å². The van der Waals surface area contributed by atoms with E-state index < -0.39 is 0 Å². The molecule has 2 heterocycles.